The topological polar surface area (TPSA) is 124 Å². The molecule has 0 spiro atoms. The van der Waals surface area contributed by atoms with Crippen molar-refractivity contribution in [1.29, 1.82) is 0 Å². The number of amides is 1. The molecule has 1 amide bonds. The molecule has 4 saturated carbocycles. The molecule has 0 aliphatic heterocycles. The molecule has 0 heterocycles. The Kier molecular flexibility index (Phi) is 11.6. The van der Waals surface area contributed by atoms with Crippen LogP contribution in [0.1, 0.15) is 132 Å². The number of Topliss-reactive ketones (excluding diaryl/α,β-unsaturated/α-hetero) is 1. The molecule has 9 atom stereocenters. The molecule has 0 bridgehead atoms. The number of aliphatic hydroxyl groups excluding tert-OH is 1. The lowest BCUT2D eigenvalue weighted by Crippen LogP contribution is -2.66. The van der Waals surface area contributed by atoms with Gasteiger partial charge in [0.05, 0.1) is 24.5 Å². The second kappa shape index (κ2) is 15.2. The standard InChI is InChI=1S/C48H72N2O7/c1-30(2)40-33(51)25-48(36(52)28-50(38(53)29-49(10)11)27-31-15-13-12-14-16-31)24-23-46(8)32(41(40)48)17-18-35-45(7)21-20-37(57-39(54)26-43(3,4)42(55)56)44(5,6)34(45)19-22-47(35,46)9/h12-16,30,32,34-37,52H,17-29H2,1-11H3,(H,55,56). The third-order valence-corrected chi connectivity index (χ3v) is 16.9. The van der Waals surface area contributed by atoms with Crippen molar-refractivity contribution >= 4 is 23.6 Å². The molecule has 5 aliphatic rings. The number of benzene rings is 1. The summed E-state index contributed by atoms with van der Waals surface area (Å²) in [4.78, 5) is 56.7. The Morgan fingerprint density at radius 3 is 2.18 bits per heavy atom. The average molecular weight is 789 g/mol. The fraction of sp³-hybridized carbons (Fsp3) is 0.750. The van der Waals surface area contributed by atoms with Crippen LogP contribution in [0, 0.1) is 56.2 Å². The molecule has 9 unspecified atom stereocenters. The maximum absolute atomic E-state index is 14.3. The molecule has 1 aromatic carbocycles. The van der Waals surface area contributed by atoms with Crippen LogP contribution in [0.2, 0.25) is 0 Å². The van der Waals surface area contributed by atoms with Gasteiger partial charge in [-0.1, -0.05) is 84.4 Å². The largest absolute Gasteiger partial charge is 0.481 e. The maximum Gasteiger partial charge on any atom is 0.309 e. The van der Waals surface area contributed by atoms with Crippen LogP contribution in [0.15, 0.2) is 41.5 Å². The molecule has 316 valence electrons. The van der Waals surface area contributed by atoms with Crippen LogP contribution in [0.3, 0.4) is 0 Å². The summed E-state index contributed by atoms with van der Waals surface area (Å²) in [5.74, 6) is -0.326. The summed E-state index contributed by atoms with van der Waals surface area (Å²) in [5.41, 5.74) is 0.912. The van der Waals surface area contributed by atoms with E-state index >= 15 is 0 Å². The minimum absolute atomic E-state index is 0.00880. The predicted octanol–water partition coefficient (Wildman–Crippen LogP) is 8.33. The van der Waals surface area contributed by atoms with Crippen LogP contribution in [-0.2, 0) is 30.5 Å². The number of fused-ring (bicyclic) bond motifs is 7. The molecule has 1 aromatic rings. The number of carboxylic acid groups (broad SMARTS) is 1. The Morgan fingerprint density at radius 2 is 1.56 bits per heavy atom. The number of carbonyl (C=O) groups excluding carboxylic acids is 3. The minimum Gasteiger partial charge on any atom is -0.481 e. The van der Waals surface area contributed by atoms with E-state index in [-0.39, 0.29) is 70.8 Å². The van der Waals surface area contributed by atoms with Crippen molar-refractivity contribution in [2.24, 2.45) is 56.2 Å². The smallest absolute Gasteiger partial charge is 0.309 e. The zero-order valence-corrected chi connectivity index (χ0v) is 36.9. The summed E-state index contributed by atoms with van der Waals surface area (Å²) in [6, 6.07) is 9.96. The van der Waals surface area contributed by atoms with Crippen molar-refractivity contribution in [3.63, 3.8) is 0 Å². The third-order valence-electron chi connectivity index (χ3n) is 16.9. The number of ether oxygens (including phenoxy) is 1. The van der Waals surface area contributed by atoms with Gasteiger partial charge in [0.1, 0.15) is 6.10 Å². The number of esters is 1. The monoisotopic (exact) mass is 789 g/mol. The van der Waals surface area contributed by atoms with Crippen molar-refractivity contribution < 1.29 is 34.1 Å². The number of carbonyl (C=O) groups is 4. The number of allylic oxidation sites excluding steroid dienone is 1. The van der Waals surface area contributed by atoms with E-state index in [2.05, 4.69) is 48.5 Å². The van der Waals surface area contributed by atoms with E-state index in [0.29, 0.717) is 24.8 Å². The van der Waals surface area contributed by atoms with Gasteiger partial charge in [-0.3, -0.25) is 19.2 Å². The van der Waals surface area contributed by atoms with E-state index in [1.165, 1.54) is 5.57 Å². The molecule has 6 rings (SSSR count). The highest BCUT2D eigenvalue weighted by molar-refractivity contribution is 6.00. The normalized spacial score (nSPS) is 35.2. The lowest BCUT2D eigenvalue weighted by atomic mass is 9.33. The van der Waals surface area contributed by atoms with Crippen LogP contribution in [0.5, 0.6) is 0 Å². The molecule has 57 heavy (non-hydrogen) atoms. The predicted molar refractivity (Wildman–Crippen MR) is 222 cm³/mol. The first-order chi connectivity index (χ1) is 26.4. The second-order valence-corrected chi connectivity index (χ2v) is 21.6. The van der Waals surface area contributed by atoms with Crippen LogP contribution in [-0.4, -0.2) is 83.0 Å². The maximum atomic E-state index is 14.3. The lowest BCUT2D eigenvalue weighted by Gasteiger charge is -2.72. The van der Waals surface area contributed by atoms with Gasteiger partial charge in [-0.05, 0) is 130 Å². The number of hydrogen-bond donors (Lipinski definition) is 2. The summed E-state index contributed by atoms with van der Waals surface area (Å²) in [6.07, 6.45) is 6.40. The third kappa shape index (κ3) is 7.23. The van der Waals surface area contributed by atoms with E-state index < -0.39 is 28.9 Å². The van der Waals surface area contributed by atoms with E-state index in [9.17, 15) is 29.4 Å². The first-order valence-corrected chi connectivity index (χ1v) is 21.8. The number of nitrogens with zero attached hydrogens (tertiary/aromatic N) is 2. The zero-order chi connectivity index (χ0) is 42.1. The van der Waals surface area contributed by atoms with Gasteiger partial charge in [-0.25, -0.2) is 0 Å². The SMILES string of the molecule is CC(C)C1=C2C3CCC4C5(C)CCC(OC(=O)CC(C)(C)C(=O)O)C(C)(C)C5CCC4(C)C3(C)CCC2(C(O)CN(Cc2ccccc2)C(=O)CN(C)C)CC1=O. The second-order valence-electron chi connectivity index (χ2n) is 21.6. The van der Waals surface area contributed by atoms with E-state index in [4.69, 9.17) is 4.74 Å². The van der Waals surface area contributed by atoms with Crippen LogP contribution in [0.4, 0.5) is 0 Å². The lowest BCUT2D eigenvalue weighted by molar-refractivity contribution is -0.235. The molecule has 9 heteroatoms. The highest BCUT2D eigenvalue weighted by Gasteiger charge is 2.71. The van der Waals surface area contributed by atoms with Gasteiger partial charge in [0, 0.05) is 30.3 Å². The number of carboxylic acids is 1. The molecular weight excluding hydrogens is 717 g/mol. The Morgan fingerprint density at radius 1 is 0.895 bits per heavy atom. The van der Waals surface area contributed by atoms with Crippen LogP contribution >= 0.6 is 0 Å². The van der Waals surface area contributed by atoms with Crippen LogP contribution in [0.25, 0.3) is 0 Å². The molecular formula is C48H72N2O7. The van der Waals surface area contributed by atoms with E-state index in [1.54, 1.807) is 18.7 Å². The Balaban J connectivity index is 1.30. The summed E-state index contributed by atoms with van der Waals surface area (Å²) in [7, 11) is 3.78. The minimum atomic E-state index is -1.18. The van der Waals surface area contributed by atoms with Gasteiger partial charge in [0.2, 0.25) is 5.91 Å². The Bertz CT molecular complexity index is 1770. The Hall–Kier alpha value is -3.04. The number of aliphatic carboxylic acids is 1. The van der Waals surface area contributed by atoms with Gasteiger partial charge < -0.3 is 24.7 Å². The van der Waals surface area contributed by atoms with Crippen LogP contribution < -0.4 is 0 Å². The van der Waals surface area contributed by atoms with Crippen molar-refractivity contribution in [1.82, 2.24) is 9.80 Å². The highest BCUT2D eigenvalue weighted by atomic mass is 16.5. The molecule has 4 fully saturated rings. The van der Waals surface area contributed by atoms with E-state index in [1.807, 2.05) is 49.3 Å². The highest BCUT2D eigenvalue weighted by Crippen LogP contribution is 2.77. The molecule has 9 nitrogen and oxygen atoms in total. The molecule has 0 saturated heterocycles. The van der Waals surface area contributed by atoms with Crippen molar-refractivity contribution in [3.8, 4) is 0 Å². The Labute approximate surface area is 342 Å². The first-order valence-electron chi connectivity index (χ1n) is 21.8. The quantitative estimate of drug-likeness (QED) is 0.203. The average Bonchev–Trinajstić information content (AvgIpc) is 3.42. The van der Waals surface area contributed by atoms with Gasteiger partial charge in [0.25, 0.3) is 0 Å². The number of rotatable bonds is 12. The molecule has 5 aliphatic carbocycles. The van der Waals surface area contributed by atoms with E-state index in [0.717, 1.165) is 62.5 Å². The fourth-order valence-electron chi connectivity index (χ4n) is 13.7. The van der Waals surface area contributed by atoms with Crippen molar-refractivity contribution in [2.75, 3.05) is 27.2 Å². The number of hydrogen-bond acceptors (Lipinski definition) is 7. The molecule has 0 aromatic heterocycles. The van der Waals surface area contributed by atoms with Gasteiger partial charge in [0.15, 0.2) is 5.78 Å². The number of aliphatic hydroxyl groups is 1. The number of likely N-dealkylation sites (N-methyl/N-ethyl adjacent to an activating group) is 1. The number of ketones is 1. The first kappa shape index (κ1) is 43.5. The van der Waals surface area contributed by atoms with Gasteiger partial charge in [-0.2, -0.15) is 0 Å². The summed E-state index contributed by atoms with van der Waals surface area (Å²) in [6.45, 7) is 20.3. The molecule has 2 N–H and O–H groups in total. The van der Waals surface area contributed by atoms with Gasteiger partial charge >= 0.3 is 11.9 Å². The summed E-state index contributed by atoms with van der Waals surface area (Å²) >= 11 is 0. The van der Waals surface area contributed by atoms with Gasteiger partial charge in [-0.15, -0.1) is 0 Å². The fourth-order valence-corrected chi connectivity index (χ4v) is 13.7. The van der Waals surface area contributed by atoms with Crippen molar-refractivity contribution in [3.05, 3.63) is 47.0 Å². The summed E-state index contributed by atoms with van der Waals surface area (Å²) < 4.78 is 6.18. The van der Waals surface area contributed by atoms with Crippen molar-refractivity contribution in [2.45, 2.75) is 145 Å². The summed E-state index contributed by atoms with van der Waals surface area (Å²) in [5, 5.41) is 22.3. The molecule has 0 radical (unpaired) electrons. The zero-order valence-electron chi connectivity index (χ0n) is 36.9.